The Morgan fingerprint density at radius 1 is 1.36 bits per heavy atom. The van der Waals surface area contributed by atoms with Crippen molar-refractivity contribution in [1.82, 2.24) is 0 Å². The summed E-state index contributed by atoms with van der Waals surface area (Å²) in [6.07, 6.45) is 5.67. The fraction of sp³-hybridized carbons (Fsp3) is 0.900. The largest absolute Gasteiger partial charge is 0.299 e. The van der Waals surface area contributed by atoms with E-state index in [1.165, 1.54) is 6.42 Å². The lowest BCUT2D eigenvalue weighted by Crippen LogP contribution is -2.27. The van der Waals surface area contributed by atoms with Gasteiger partial charge in [-0.05, 0) is 25.7 Å². The second-order valence-corrected chi connectivity index (χ2v) is 3.54. The number of rotatable bonds is 4. The molecule has 0 atom stereocenters. The smallest absolute Gasteiger partial charge is 0.139 e. The molecule has 1 saturated carbocycles. The van der Waals surface area contributed by atoms with Crippen molar-refractivity contribution in [1.29, 1.82) is 0 Å². The molecule has 1 aliphatic carbocycles. The Bertz CT molecular complexity index is 132. The van der Waals surface area contributed by atoms with Gasteiger partial charge in [-0.2, -0.15) is 0 Å². The molecule has 0 radical (unpaired) electrons. The molecular weight excluding hydrogens is 136 g/mol. The Morgan fingerprint density at radius 3 is 2.18 bits per heavy atom. The van der Waals surface area contributed by atoms with Crippen LogP contribution in [0.4, 0.5) is 0 Å². The summed E-state index contributed by atoms with van der Waals surface area (Å²) in [4.78, 5) is 11.6. The topological polar surface area (TPSA) is 17.1 Å². The van der Waals surface area contributed by atoms with E-state index in [2.05, 4.69) is 13.8 Å². The second-order valence-electron chi connectivity index (χ2n) is 3.54. The highest BCUT2D eigenvalue weighted by molar-refractivity contribution is 5.83. The molecule has 0 heterocycles. The summed E-state index contributed by atoms with van der Waals surface area (Å²) in [5.74, 6) is 1.35. The van der Waals surface area contributed by atoms with E-state index < -0.39 is 0 Å². The van der Waals surface area contributed by atoms with Crippen LogP contribution in [0.5, 0.6) is 0 Å². The molecule has 0 amide bonds. The first-order chi connectivity index (χ1) is 5.29. The van der Waals surface area contributed by atoms with Gasteiger partial charge in [0.1, 0.15) is 5.78 Å². The standard InChI is InChI=1S/C10H18O/c1-3-8(4-2)10(11)9-6-5-7-9/h8-9H,3-7H2,1-2H3. The van der Waals surface area contributed by atoms with Gasteiger partial charge in [0.2, 0.25) is 0 Å². The first-order valence-electron chi connectivity index (χ1n) is 4.83. The molecule has 0 aromatic rings. The van der Waals surface area contributed by atoms with E-state index in [9.17, 15) is 4.79 Å². The molecule has 1 rings (SSSR count). The Balaban J connectivity index is 2.36. The molecule has 11 heavy (non-hydrogen) atoms. The van der Waals surface area contributed by atoms with Gasteiger partial charge in [0.05, 0.1) is 0 Å². The van der Waals surface area contributed by atoms with Crippen LogP contribution in [0.3, 0.4) is 0 Å². The van der Waals surface area contributed by atoms with Gasteiger partial charge in [0.25, 0.3) is 0 Å². The molecule has 0 aromatic heterocycles. The molecule has 1 heteroatoms. The lowest BCUT2D eigenvalue weighted by molar-refractivity contribution is -0.129. The number of hydrogen-bond acceptors (Lipinski definition) is 1. The SMILES string of the molecule is CCC(CC)C(=O)C1CCC1. The minimum absolute atomic E-state index is 0.361. The number of ketones is 1. The van der Waals surface area contributed by atoms with Gasteiger partial charge in [-0.1, -0.05) is 20.3 Å². The average Bonchev–Trinajstić information content (AvgIpc) is 1.86. The molecular formula is C10H18O. The Labute approximate surface area is 69.2 Å². The monoisotopic (exact) mass is 154 g/mol. The predicted molar refractivity (Wildman–Crippen MR) is 46.4 cm³/mol. The summed E-state index contributed by atoms with van der Waals surface area (Å²) in [5, 5.41) is 0. The number of carbonyl (C=O) groups excluding carboxylic acids is 1. The van der Waals surface area contributed by atoms with E-state index in [1.807, 2.05) is 0 Å². The van der Waals surface area contributed by atoms with Gasteiger partial charge < -0.3 is 0 Å². The Hall–Kier alpha value is -0.330. The minimum atomic E-state index is 0.361. The summed E-state index contributed by atoms with van der Waals surface area (Å²) in [5.41, 5.74) is 0. The molecule has 1 nitrogen and oxygen atoms in total. The van der Waals surface area contributed by atoms with Crippen molar-refractivity contribution in [2.75, 3.05) is 0 Å². The third-order valence-corrected chi connectivity index (χ3v) is 2.90. The predicted octanol–water partition coefficient (Wildman–Crippen LogP) is 2.79. The lowest BCUT2D eigenvalue weighted by Gasteiger charge is -2.27. The highest BCUT2D eigenvalue weighted by atomic mass is 16.1. The van der Waals surface area contributed by atoms with Crippen LogP contribution >= 0.6 is 0 Å². The molecule has 0 aromatic carbocycles. The van der Waals surface area contributed by atoms with Crippen molar-refractivity contribution >= 4 is 5.78 Å². The normalized spacial score (nSPS) is 18.5. The van der Waals surface area contributed by atoms with E-state index >= 15 is 0 Å². The van der Waals surface area contributed by atoms with Crippen molar-refractivity contribution in [3.63, 3.8) is 0 Å². The summed E-state index contributed by atoms with van der Waals surface area (Å²) in [6.45, 7) is 4.23. The van der Waals surface area contributed by atoms with Crippen molar-refractivity contribution < 1.29 is 4.79 Å². The Morgan fingerprint density at radius 2 is 1.91 bits per heavy atom. The minimum Gasteiger partial charge on any atom is -0.299 e. The maximum atomic E-state index is 11.6. The summed E-state index contributed by atoms with van der Waals surface area (Å²) >= 11 is 0. The molecule has 0 spiro atoms. The zero-order valence-electron chi connectivity index (χ0n) is 7.60. The summed E-state index contributed by atoms with van der Waals surface area (Å²) in [7, 11) is 0. The number of carbonyl (C=O) groups is 1. The molecule has 64 valence electrons. The second kappa shape index (κ2) is 3.89. The molecule has 1 aliphatic rings. The maximum Gasteiger partial charge on any atom is 0.139 e. The van der Waals surface area contributed by atoms with E-state index in [0.29, 0.717) is 17.6 Å². The van der Waals surface area contributed by atoms with Crippen LogP contribution in [0.15, 0.2) is 0 Å². The van der Waals surface area contributed by atoms with Crippen molar-refractivity contribution in [2.24, 2.45) is 11.8 Å². The van der Waals surface area contributed by atoms with E-state index in [1.54, 1.807) is 0 Å². The summed E-state index contributed by atoms with van der Waals surface area (Å²) in [6, 6.07) is 0. The quantitative estimate of drug-likeness (QED) is 0.608. The van der Waals surface area contributed by atoms with Crippen LogP contribution in [0, 0.1) is 11.8 Å². The highest BCUT2D eigenvalue weighted by Gasteiger charge is 2.28. The van der Waals surface area contributed by atoms with Crippen LogP contribution in [-0.4, -0.2) is 5.78 Å². The highest BCUT2D eigenvalue weighted by Crippen LogP contribution is 2.31. The lowest BCUT2D eigenvalue weighted by atomic mass is 9.76. The van der Waals surface area contributed by atoms with Crippen LogP contribution in [-0.2, 0) is 4.79 Å². The van der Waals surface area contributed by atoms with Gasteiger partial charge in [-0.15, -0.1) is 0 Å². The van der Waals surface area contributed by atoms with Crippen molar-refractivity contribution in [3.05, 3.63) is 0 Å². The van der Waals surface area contributed by atoms with E-state index in [-0.39, 0.29) is 0 Å². The fourth-order valence-electron chi connectivity index (χ4n) is 1.72. The number of hydrogen-bond donors (Lipinski definition) is 0. The molecule has 0 N–H and O–H groups in total. The van der Waals surface area contributed by atoms with Gasteiger partial charge in [0.15, 0.2) is 0 Å². The fourth-order valence-corrected chi connectivity index (χ4v) is 1.72. The zero-order valence-corrected chi connectivity index (χ0v) is 7.60. The van der Waals surface area contributed by atoms with Crippen molar-refractivity contribution in [3.8, 4) is 0 Å². The van der Waals surface area contributed by atoms with Gasteiger partial charge in [-0.25, -0.2) is 0 Å². The first kappa shape index (κ1) is 8.76. The first-order valence-corrected chi connectivity index (χ1v) is 4.83. The molecule has 0 saturated heterocycles. The Kier molecular flexibility index (Phi) is 3.10. The summed E-state index contributed by atoms with van der Waals surface area (Å²) < 4.78 is 0. The van der Waals surface area contributed by atoms with Gasteiger partial charge in [-0.3, -0.25) is 4.79 Å². The number of Topliss-reactive ketones (excluding diaryl/α,β-unsaturated/α-hetero) is 1. The third kappa shape index (κ3) is 1.82. The maximum absolute atomic E-state index is 11.6. The van der Waals surface area contributed by atoms with Gasteiger partial charge >= 0.3 is 0 Å². The average molecular weight is 154 g/mol. The van der Waals surface area contributed by atoms with Crippen LogP contribution < -0.4 is 0 Å². The molecule has 1 fully saturated rings. The van der Waals surface area contributed by atoms with Crippen LogP contribution in [0.2, 0.25) is 0 Å². The van der Waals surface area contributed by atoms with E-state index in [4.69, 9.17) is 0 Å². The van der Waals surface area contributed by atoms with Crippen LogP contribution in [0.1, 0.15) is 46.0 Å². The van der Waals surface area contributed by atoms with Gasteiger partial charge in [0, 0.05) is 11.8 Å². The molecule has 0 unspecified atom stereocenters. The van der Waals surface area contributed by atoms with Crippen molar-refractivity contribution in [2.45, 2.75) is 46.0 Å². The third-order valence-electron chi connectivity index (χ3n) is 2.90. The molecule has 0 bridgehead atoms. The zero-order chi connectivity index (χ0) is 8.27. The molecule has 0 aliphatic heterocycles. The van der Waals surface area contributed by atoms with E-state index in [0.717, 1.165) is 25.7 Å². The van der Waals surface area contributed by atoms with Crippen LogP contribution in [0.25, 0.3) is 0 Å².